The molecule has 1 aromatic carbocycles. The molecule has 0 saturated heterocycles. The lowest BCUT2D eigenvalue weighted by atomic mass is 10.2. The molecule has 0 saturated carbocycles. The molecule has 3 rings (SSSR count). The topological polar surface area (TPSA) is 90.5 Å². The molecular formula is C14H13N3O3. The van der Waals surface area contributed by atoms with E-state index >= 15 is 0 Å². The number of rotatable bonds is 4. The van der Waals surface area contributed by atoms with Crippen molar-refractivity contribution >= 4 is 5.84 Å². The van der Waals surface area contributed by atoms with Crippen LogP contribution in [0.2, 0.25) is 0 Å². The zero-order chi connectivity index (χ0) is 13.9. The number of hydrogen-bond acceptors (Lipinski definition) is 5. The van der Waals surface area contributed by atoms with Gasteiger partial charge >= 0.3 is 0 Å². The Labute approximate surface area is 115 Å². The molecule has 2 heterocycles. The van der Waals surface area contributed by atoms with Gasteiger partial charge in [0.25, 0.3) is 0 Å². The van der Waals surface area contributed by atoms with Crippen LogP contribution >= 0.6 is 0 Å². The Hall–Kier alpha value is -2.76. The average molecular weight is 271 g/mol. The van der Waals surface area contributed by atoms with Gasteiger partial charge in [-0.15, -0.1) is 0 Å². The number of benzene rings is 1. The first-order chi connectivity index (χ1) is 9.74. The van der Waals surface area contributed by atoms with Crippen LogP contribution in [0.25, 0.3) is 0 Å². The van der Waals surface area contributed by atoms with E-state index in [1.807, 2.05) is 6.07 Å². The van der Waals surface area contributed by atoms with Crippen LogP contribution in [0.3, 0.4) is 0 Å². The molecule has 1 aliphatic heterocycles. The number of nitrogens with zero attached hydrogens (tertiary/aromatic N) is 1. The Morgan fingerprint density at radius 3 is 3.00 bits per heavy atom. The summed E-state index contributed by atoms with van der Waals surface area (Å²) in [6.07, 6.45) is 1.60. The van der Waals surface area contributed by atoms with Gasteiger partial charge in [-0.1, -0.05) is 6.07 Å². The fraction of sp³-hybridized carbons (Fsp3) is 0.143. The van der Waals surface area contributed by atoms with E-state index < -0.39 is 0 Å². The molecular weight excluding hydrogens is 258 g/mol. The van der Waals surface area contributed by atoms with Gasteiger partial charge in [0.15, 0.2) is 11.5 Å². The molecule has 0 radical (unpaired) electrons. The molecule has 6 heteroatoms. The fourth-order valence-electron chi connectivity index (χ4n) is 1.93. The van der Waals surface area contributed by atoms with Gasteiger partial charge in [-0.05, 0) is 18.2 Å². The quantitative estimate of drug-likeness (QED) is 0.652. The molecule has 1 aliphatic rings. The summed E-state index contributed by atoms with van der Waals surface area (Å²) < 4.78 is 16.2. The van der Waals surface area contributed by atoms with E-state index in [1.165, 1.54) is 0 Å². The standard InChI is InChI=1S/C14H13N3O3/c15-14(16)13-9(2-1-5-17-13)7-18-10-3-4-11-12(6-10)20-8-19-11/h1-6H,7-8H2,(H3,15,16). The van der Waals surface area contributed by atoms with E-state index in [4.69, 9.17) is 25.4 Å². The predicted molar refractivity (Wildman–Crippen MR) is 72.2 cm³/mol. The number of ether oxygens (including phenoxy) is 3. The first-order valence-electron chi connectivity index (χ1n) is 6.05. The maximum absolute atomic E-state index is 7.48. The van der Waals surface area contributed by atoms with Gasteiger partial charge < -0.3 is 19.9 Å². The third-order valence-electron chi connectivity index (χ3n) is 2.88. The van der Waals surface area contributed by atoms with Crippen molar-refractivity contribution in [1.29, 1.82) is 5.41 Å². The molecule has 0 fully saturated rings. The van der Waals surface area contributed by atoms with Gasteiger partial charge in [0.05, 0.1) is 0 Å². The van der Waals surface area contributed by atoms with E-state index in [9.17, 15) is 0 Å². The van der Waals surface area contributed by atoms with Crippen LogP contribution < -0.4 is 19.9 Å². The van der Waals surface area contributed by atoms with Crippen molar-refractivity contribution in [3.63, 3.8) is 0 Å². The number of nitrogen functional groups attached to an aromatic ring is 1. The summed E-state index contributed by atoms with van der Waals surface area (Å²) in [5.41, 5.74) is 6.69. The Morgan fingerprint density at radius 1 is 1.30 bits per heavy atom. The summed E-state index contributed by atoms with van der Waals surface area (Å²) in [6.45, 7) is 0.512. The second-order valence-electron chi connectivity index (χ2n) is 4.23. The fourth-order valence-corrected chi connectivity index (χ4v) is 1.93. The minimum Gasteiger partial charge on any atom is -0.489 e. The highest BCUT2D eigenvalue weighted by molar-refractivity contribution is 5.94. The van der Waals surface area contributed by atoms with Crippen LogP contribution in [0.4, 0.5) is 0 Å². The lowest BCUT2D eigenvalue weighted by Gasteiger charge is -2.09. The van der Waals surface area contributed by atoms with Crippen LogP contribution in [0, 0.1) is 5.41 Å². The first kappa shape index (κ1) is 12.3. The molecule has 0 aliphatic carbocycles. The molecule has 0 spiro atoms. The SMILES string of the molecule is N=C(N)c1ncccc1COc1ccc2c(c1)OCO2. The maximum Gasteiger partial charge on any atom is 0.231 e. The third kappa shape index (κ3) is 2.35. The first-order valence-corrected chi connectivity index (χ1v) is 6.05. The van der Waals surface area contributed by atoms with Crippen molar-refractivity contribution in [2.75, 3.05) is 6.79 Å². The van der Waals surface area contributed by atoms with Crippen molar-refractivity contribution in [1.82, 2.24) is 4.98 Å². The second kappa shape index (κ2) is 5.08. The highest BCUT2D eigenvalue weighted by Gasteiger charge is 2.14. The summed E-state index contributed by atoms with van der Waals surface area (Å²) in [6, 6.07) is 8.98. The summed E-state index contributed by atoms with van der Waals surface area (Å²) >= 11 is 0. The zero-order valence-corrected chi connectivity index (χ0v) is 10.6. The number of pyridine rings is 1. The van der Waals surface area contributed by atoms with Gasteiger partial charge in [0.1, 0.15) is 23.9 Å². The van der Waals surface area contributed by atoms with Crippen molar-refractivity contribution in [3.05, 3.63) is 47.8 Å². The molecule has 1 aromatic heterocycles. The van der Waals surface area contributed by atoms with Gasteiger partial charge in [-0.2, -0.15) is 0 Å². The molecule has 3 N–H and O–H groups in total. The van der Waals surface area contributed by atoms with Crippen LogP contribution in [0.1, 0.15) is 11.3 Å². The molecule has 2 aromatic rings. The van der Waals surface area contributed by atoms with Crippen LogP contribution in [-0.4, -0.2) is 17.6 Å². The molecule has 0 bridgehead atoms. The molecule has 6 nitrogen and oxygen atoms in total. The van der Waals surface area contributed by atoms with Crippen molar-refractivity contribution < 1.29 is 14.2 Å². The Morgan fingerprint density at radius 2 is 2.15 bits per heavy atom. The highest BCUT2D eigenvalue weighted by atomic mass is 16.7. The minimum absolute atomic E-state index is 0.0742. The van der Waals surface area contributed by atoms with Crippen molar-refractivity contribution in [3.8, 4) is 17.2 Å². The lowest BCUT2D eigenvalue weighted by Crippen LogP contribution is -2.16. The van der Waals surface area contributed by atoms with Gasteiger partial charge in [0.2, 0.25) is 6.79 Å². The van der Waals surface area contributed by atoms with E-state index in [1.54, 1.807) is 30.5 Å². The minimum atomic E-state index is -0.0742. The second-order valence-corrected chi connectivity index (χ2v) is 4.23. The summed E-state index contributed by atoms with van der Waals surface area (Å²) in [4.78, 5) is 4.07. The van der Waals surface area contributed by atoms with Crippen molar-refractivity contribution in [2.45, 2.75) is 6.61 Å². The number of nitrogens with one attached hydrogen (secondary N) is 1. The smallest absolute Gasteiger partial charge is 0.231 e. The lowest BCUT2D eigenvalue weighted by molar-refractivity contribution is 0.173. The third-order valence-corrected chi connectivity index (χ3v) is 2.88. The van der Waals surface area contributed by atoms with Crippen LogP contribution in [0.15, 0.2) is 36.5 Å². The monoisotopic (exact) mass is 271 g/mol. The number of aromatic nitrogens is 1. The summed E-state index contributed by atoms with van der Waals surface area (Å²) in [7, 11) is 0. The summed E-state index contributed by atoms with van der Waals surface area (Å²) in [5, 5.41) is 7.48. The number of amidine groups is 1. The Bertz CT molecular complexity index is 658. The zero-order valence-electron chi connectivity index (χ0n) is 10.6. The van der Waals surface area contributed by atoms with E-state index in [0.717, 1.165) is 5.56 Å². The molecule has 0 amide bonds. The van der Waals surface area contributed by atoms with E-state index in [-0.39, 0.29) is 19.2 Å². The Kier molecular flexibility index (Phi) is 3.12. The molecule has 0 unspecified atom stereocenters. The molecule has 0 atom stereocenters. The van der Waals surface area contributed by atoms with Gasteiger partial charge in [-0.25, -0.2) is 0 Å². The molecule has 102 valence electrons. The maximum atomic E-state index is 7.48. The molecule has 20 heavy (non-hydrogen) atoms. The normalized spacial score (nSPS) is 12.2. The Balaban J connectivity index is 1.75. The number of hydrogen-bond donors (Lipinski definition) is 2. The van der Waals surface area contributed by atoms with Crippen molar-refractivity contribution in [2.24, 2.45) is 5.73 Å². The highest BCUT2D eigenvalue weighted by Crippen LogP contribution is 2.35. The van der Waals surface area contributed by atoms with Gasteiger partial charge in [0, 0.05) is 17.8 Å². The van der Waals surface area contributed by atoms with E-state index in [2.05, 4.69) is 4.98 Å². The number of fused-ring (bicyclic) bond motifs is 1. The predicted octanol–water partition coefficient (Wildman–Crippen LogP) is 1.67. The van der Waals surface area contributed by atoms with Crippen LogP contribution in [0.5, 0.6) is 17.2 Å². The number of nitrogens with two attached hydrogens (primary N) is 1. The van der Waals surface area contributed by atoms with Crippen LogP contribution in [-0.2, 0) is 6.61 Å². The largest absolute Gasteiger partial charge is 0.489 e. The van der Waals surface area contributed by atoms with Gasteiger partial charge in [-0.3, -0.25) is 10.4 Å². The average Bonchev–Trinajstić information content (AvgIpc) is 2.92. The summed E-state index contributed by atoms with van der Waals surface area (Å²) in [5.74, 6) is 1.96. The van der Waals surface area contributed by atoms with E-state index in [0.29, 0.717) is 22.9 Å².